The maximum absolute atomic E-state index is 12.0. The molecule has 1 saturated carbocycles. The zero-order valence-electron chi connectivity index (χ0n) is 10.3. The van der Waals surface area contributed by atoms with E-state index in [0.29, 0.717) is 11.5 Å². The fraction of sp³-hybridized carbons (Fsp3) is 0.583. The van der Waals surface area contributed by atoms with Crippen molar-refractivity contribution in [1.29, 1.82) is 0 Å². The molecule has 0 bridgehead atoms. The summed E-state index contributed by atoms with van der Waals surface area (Å²) in [5, 5.41) is 0. The van der Waals surface area contributed by atoms with Gasteiger partial charge in [0.1, 0.15) is 5.82 Å². The van der Waals surface area contributed by atoms with Crippen LogP contribution in [0, 0.1) is 5.92 Å². The van der Waals surface area contributed by atoms with E-state index in [1.54, 1.807) is 12.1 Å². The van der Waals surface area contributed by atoms with Crippen molar-refractivity contribution >= 4 is 21.5 Å². The monoisotopic (exact) mass is 269 g/mol. The van der Waals surface area contributed by atoms with Gasteiger partial charge in [-0.2, -0.15) is 0 Å². The highest BCUT2D eigenvalue weighted by Crippen LogP contribution is 2.25. The van der Waals surface area contributed by atoms with Gasteiger partial charge in [0, 0.05) is 0 Å². The average Bonchev–Trinajstić information content (AvgIpc) is 2.32. The molecule has 0 aliphatic heterocycles. The minimum absolute atomic E-state index is 0.194. The molecule has 2 rings (SSSR count). The topological polar surface area (TPSA) is 85.1 Å². The molecule has 1 fully saturated rings. The van der Waals surface area contributed by atoms with Crippen LogP contribution in [0.5, 0.6) is 0 Å². The summed E-state index contributed by atoms with van der Waals surface area (Å²) in [5.41, 5.74) is 6.02. The molecule has 5 nitrogen and oxygen atoms in total. The smallest absolute Gasteiger partial charge is 0.234 e. The Balaban J connectivity index is 1.96. The second kappa shape index (κ2) is 5.56. The van der Waals surface area contributed by atoms with Crippen molar-refractivity contribution in [1.82, 2.24) is 4.98 Å². The number of nitrogens with two attached hydrogens (primary N) is 1. The lowest BCUT2D eigenvalue weighted by Crippen LogP contribution is -2.24. The molecule has 0 spiro atoms. The van der Waals surface area contributed by atoms with Crippen LogP contribution in [0.1, 0.15) is 32.1 Å². The van der Waals surface area contributed by atoms with Crippen molar-refractivity contribution in [3.63, 3.8) is 0 Å². The van der Waals surface area contributed by atoms with Gasteiger partial charge >= 0.3 is 0 Å². The van der Waals surface area contributed by atoms with Crippen LogP contribution in [0.25, 0.3) is 0 Å². The Bertz CT molecular complexity index is 479. The third-order valence-electron chi connectivity index (χ3n) is 3.23. The van der Waals surface area contributed by atoms with E-state index < -0.39 is 10.0 Å². The predicted octanol–water partition coefficient (Wildman–Crippen LogP) is 1.99. The zero-order valence-corrected chi connectivity index (χ0v) is 11.1. The van der Waals surface area contributed by atoms with E-state index in [4.69, 9.17) is 5.73 Å². The summed E-state index contributed by atoms with van der Waals surface area (Å²) < 4.78 is 26.4. The quantitative estimate of drug-likeness (QED) is 0.875. The van der Waals surface area contributed by atoms with Gasteiger partial charge in [0.25, 0.3) is 0 Å². The van der Waals surface area contributed by atoms with Crippen LogP contribution >= 0.6 is 0 Å². The summed E-state index contributed by atoms with van der Waals surface area (Å²) in [5.74, 6) is 0.809. The SMILES string of the molecule is Nc1ccc(NS(=O)(=O)CC2CCCCC2)nc1. The van der Waals surface area contributed by atoms with Gasteiger partial charge in [-0.1, -0.05) is 19.3 Å². The number of hydrogen-bond donors (Lipinski definition) is 2. The van der Waals surface area contributed by atoms with Crippen LogP contribution < -0.4 is 10.5 Å². The summed E-state index contributed by atoms with van der Waals surface area (Å²) >= 11 is 0. The predicted molar refractivity (Wildman–Crippen MR) is 72.6 cm³/mol. The number of aromatic nitrogens is 1. The molecule has 0 saturated heterocycles. The van der Waals surface area contributed by atoms with Gasteiger partial charge < -0.3 is 5.73 Å². The van der Waals surface area contributed by atoms with E-state index >= 15 is 0 Å². The highest BCUT2D eigenvalue weighted by Gasteiger charge is 2.21. The first kappa shape index (κ1) is 13.1. The van der Waals surface area contributed by atoms with E-state index in [1.807, 2.05) is 0 Å². The number of nitrogen functional groups attached to an aromatic ring is 1. The van der Waals surface area contributed by atoms with E-state index in [-0.39, 0.29) is 11.7 Å². The molecule has 3 N–H and O–H groups in total. The van der Waals surface area contributed by atoms with Crippen molar-refractivity contribution in [2.45, 2.75) is 32.1 Å². The third kappa shape index (κ3) is 3.87. The minimum Gasteiger partial charge on any atom is -0.397 e. The summed E-state index contributed by atoms with van der Waals surface area (Å²) in [7, 11) is -3.30. The molecular formula is C12H19N3O2S. The Labute approximate surface area is 108 Å². The molecular weight excluding hydrogens is 250 g/mol. The first-order valence-corrected chi connectivity index (χ1v) is 7.92. The third-order valence-corrected chi connectivity index (χ3v) is 4.66. The average molecular weight is 269 g/mol. The molecule has 1 aliphatic carbocycles. The Morgan fingerprint density at radius 2 is 2.00 bits per heavy atom. The molecule has 18 heavy (non-hydrogen) atoms. The molecule has 0 radical (unpaired) electrons. The van der Waals surface area contributed by atoms with Gasteiger partial charge in [-0.05, 0) is 30.9 Å². The molecule has 0 amide bonds. The summed E-state index contributed by atoms with van der Waals surface area (Å²) in [6.45, 7) is 0. The van der Waals surface area contributed by atoms with Crippen LogP contribution in [0.4, 0.5) is 11.5 Å². The zero-order chi connectivity index (χ0) is 13.0. The van der Waals surface area contributed by atoms with Crippen LogP contribution in [-0.4, -0.2) is 19.2 Å². The highest BCUT2D eigenvalue weighted by molar-refractivity contribution is 7.92. The second-order valence-electron chi connectivity index (χ2n) is 4.86. The molecule has 100 valence electrons. The lowest BCUT2D eigenvalue weighted by Gasteiger charge is -2.21. The summed E-state index contributed by atoms with van der Waals surface area (Å²) in [4.78, 5) is 3.94. The minimum atomic E-state index is -3.30. The van der Waals surface area contributed by atoms with Gasteiger partial charge in [0.05, 0.1) is 17.6 Å². The first-order valence-electron chi connectivity index (χ1n) is 6.27. The van der Waals surface area contributed by atoms with Crippen molar-refractivity contribution in [2.24, 2.45) is 5.92 Å². The molecule has 0 aromatic carbocycles. The van der Waals surface area contributed by atoms with E-state index in [0.717, 1.165) is 25.7 Å². The number of nitrogens with zero attached hydrogens (tertiary/aromatic N) is 1. The van der Waals surface area contributed by atoms with Crippen molar-refractivity contribution in [3.8, 4) is 0 Å². The molecule has 0 unspecified atom stereocenters. The molecule has 6 heteroatoms. The van der Waals surface area contributed by atoms with Crippen molar-refractivity contribution in [2.75, 3.05) is 16.2 Å². The first-order chi connectivity index (χ1) is 8.55. The lowest BCUT2D eigenvalue weighted by molar-refractivity contribution is 0.385. The van der Waals surface area contributed by atoms with Gasteiger partial charge in [-0.3, -0.25) is 4.72 Å². The van der Waals surface area contributed by atoms with E-state index in [9.17, 15) is 8.42 Å². The highest BCUT2D eigenvalue weighted by atomic mass is 32.2. The molecule has 0 atom stereocenters. The Hall–Kier alpha value is -1.30. The number of rotatable bonds is 4. The van der Waals surface area contributed by atoms with Crippen LogP contribution in [-0.2, 0) is 10.0 Å². The maximum atomic E-state index is 12.0. The van der Waals surface area contributed by atoms with Crippen LogP contribution in [0.15, 0.2) is 18.3 Å². The Morgan fingerprint density at radius 1 is 1.28 bits per heavy atom. The summed E-state index contributed by atoms with van der Waals surface area (Å²) in [6, 6.07) is 3.21. The number of hydrogen-bond acceptors (Lipinski definition) is 4. The summed E-state index contributed by atoms with van der Waals surface area (Å²) in [6.07, 6.45) is 6.97. The normalized spacial score (nSPS) is 17.6. The molecule has 1 aromatic rings. The molecule has 1 aromatic heterocycles. The largest absolute Gasteiger partial charge is 0.397 e. The van der Waals surface area contributed by atoms with Crippen molar-refractivity contribution < 1.29 is 8.42 Å². The standard InChI is InChI=1S/C12H19N3O2S/c13-11-6-7-12(14-8-11)15-18(16,17)9-10-4-2-1-3-5-10/h6-8,10H,1-5,9,13H2,(H,14,15). The Kier molecular flexibility index (Phi) is 4.06. The number of sulfonamides is 1. The number of nitrogens with one attached hydrogen (secondary N) is 1. The van der Waals surface area contributed by atoms with Gasteiger partial charge in [0.2, 0.25) is 10.0 Å². The van der Waals surface area contributed by atoms with Crippen LogP contribution in [0.2, 0.25) is 0 Å². The van der Waals surface area contributed by atoms with E-state index in [2.05, 4.69) is 9.71 Å². The molecule has 1 heterocycles. The van der Waals surface area contributed by atoms with Gasteiger partial charge in [0.15, 0.2) is 0 Å². The Morgan fingerprint density at radius 3 is 2.61 bits per heavy atom. The molecule has 1 aliphatic rings. The number of anilines is 2. The van der Waals surface area contributed by atoms with Gasteiger partial charge in [-0.25, -0.2) is 13.4 Å². The van der Waals surface area contributed by atoms with Gasteiger partial charge in [-0.15, -0.1) is 0 Å². The fourth-order valence-corrected chi connectivity index (χ4v) is 3.81. The van der Waals surface area contributed by atoms with E-state index in [1.165, 1.54) is 12.6 Å². The second-order valence-corrected chi connectivity index (χ2v) is 6.63. The van der Waals surface area contributed by atoms with Crippen molar-refractivity contribution in [3.05, 3.63) is 18.3 Å². The maximum Gasteiger partial charge on any atom is 0.234 e. The fourth-order valence-electron chi connectivity index (χ4n) is 2.33. The lowest BCUT2D eigenvalue weighted by atomic mass is 9.91. The number of pyridine rings is 1. The van der Waals surface area contributed by atoms with Crippen LogP contribution in [0.3, 0.4) is 0 Å².